The maximum Gasteiger partial charge on any atom is 0.220 e. The van der Waals surface area contributed by atoms with Crippen LogP contribution in [-0.2, 0) is 11.2 Å². The van der Waals surface area contributed by atoms with E-state index >= 15 is 0 Å². The van der Waals surface area contributed by atoms with Gasteiger partial charge in [-0.3, -0.25) is 9.78 Å². The van der Waals surface area contributed by atoms with Crippen molar-refractivity contribution in [1.29, 1.82) is 0 Å². The van der Waals surface area contributed by atoms with Crippen LogP contribution in [0.1, 0.15) is 30.5 Å². The van der Waals surface area contributed by atoms with Gasteiger partial charge in [-0.1, -0.05) is 25.1 Å². The number of aliphatic hydroxyl groups excluding tert-OH is 1. The fourth-order valence-corrected chi connectivity index (χ4v) is 2.53. The average molecular weight is 330 g/mol. The van der Waals surface area contributed by atoms with E-state index < -0.39 is 0 Å². The molecule has 0 bridgehead atoms. The molecule has 4 nitrogen and oxygen atoms in total. The number of carbonyl (C=O) groups is 1. The van der Waals surface area contributed by atoms with Crippen molar-refractivity contribution in [2.45, 2.75) is 25.7 Å². The number of benzene rings is 1. The van der Waals surface area contributed by atoms with Crippen LogP contribution < -0.4 is 5.32 Å². The van der Waals surface area contributed by atoms with Crippen molar-refractivity contribution in [3.05, 3.63) is 65.7 Å². The highest BCUT2D eigenvalue weighted by atomic mass is 19.1. The molecule has 0 aliphatic carbocycles. The summed E-state index contributed by atoms with van der Waals surface area (Å²) in [7, 11) is 0. The van der Waals surface area contributed by atoms with Crippen LogP contribution in [-0.4, -0.2) is 29.1 Å². The van der Waals surface area contributed by atoms with Crippen molar-refractivity contribution in [3.63, 3.8) is 0 Å². The molecule has 0 fully saturated rings. The molecule has 0 saturated heterocycles. The van der Waals surface area contributed by atoms with E-state index in [1.54, 1.807) is 18.3 Å². The topological polar surface area (TPSA) is 62.2 Å². The Morgan fingerprint density at radius 1 is 1.25 bits per heavy atom. The molecule has 2 aromatic rings. The zero-order valence-corrected chi connectivity index (χ0v) is 13.8. The van der Waals surface area contributed by atoms with Crippen LogP contribution in [0.2, 0.25) is 0 Å². The second-order valence-electron chi connectivity index (χ2n) is 6.03. The Morgan fingerprint density at radius 2 is 2.00 bits per heavy atom. The first-order chi connectivity index (χ1) is 11.6. The fraction of sp³-hybridized carbons (Fsp3) is 0.368. The van der Waals surface area contributed by atoms with Crippen molar-refractivity contribution in [1.82, 2.24) is 10.3 Å². The van der Waals surface area contributed by atoms with E-state index in [4.69, 9.17) is 0 Å². The normalized spacial score (nSPS) is 13.3. The van der Waals surface area contributed by atoms with Crippen molar-refractivity contribution in [2.75, 3.05) is 13.2 Å². The minimum atomic E-state index is -0.282. The lowest BCUT2D eigenvalue weighted by molar-refractivity contribution is -0.121. The second kappa shape index (κ2) is 9.13. The Kier molecular flexibility index (Phi) is 6.88. The predicted molar refractivity (Wildman–Crippen MR) is 91.0 cm³/mol. The summed E-state index contributed by atoms with van der Waals surface area (Å²) in [4.78, 5) is 16.3. The lowest BCUT2D eigenvalue weighted by Crippen LogP contribution is -2.32. The molecule has 0 saturated carbocycles. The Balaban J connectivity index is 1.79. The highest BCUT2D eigenvalue weighted by Gasteiger charge is 2.14. The van der Waals surface area contributed by atoms with Gasteiger partial charge in [0.15, 0.2) is 0 Å². The van der Waals surface area contributed by atoms with E-state index in [0.29, 0.717) is 19.4 Å². The SMILES string of the molecule is CC(CC(=O)NCC(CO)Cc1ccccn1)c1ccc(F)cc1. The molecule has 1 heterocycles. The zero-order chi connectivity index (χ0) is 17.4. The van der Waals surface area contributed by atoms with Gasteiger partial charge in [0.25, 0.3) is 0 Å². The van der Waals surface area contributed by atoms with Gasteiger partial charge >= 0.3 is 0 Å². The summed E-state index contributed by atoms with van der Waals surface area (Å²) in [5.74, 6) is -0.416. The molecule has 128 valence electrons. The monoisotopic (exact) mass is 330 g/mol. The maximum atomic E-state index is 12.9. The quantitative estimate of drug-likeness (QED) is 0.782. The number of rotatable bonds is 8. The summed E-state index contributed by atoms with van der Waals surface area (Å²) in [5, 5.41) is 12.3. The highest BCUT2D eigenvalue weighted by Crippen LogP contribution is 2.19. The van der Waals surface area contributed by atoms with E-state index in [2.05, 4.69) is 10.3 Å². The van der Waals surface area contributed by atoms with Gasteiger partial charge in [0.05, 0.1) is 0 Å². The molecule has 2 rings (SSSR count). The lowest BCUT2D eigenvalue weighted by atomic mass is 9.97. The minimum Gasteiger partial charge on any atom is -0.396 e. The summed E-state index contributed by atoms with van der Waals surface area (Å²) in [6.07, 6.45) is 2.66. The first-order valence-corrected chi connectivity index (χ1v) is 8.11. The van der Waals surface area contributed by atoms with Crippen molar-refractivity contribution < 1.29 is 14.3 Å². The van der Waals surface area contributed by atoms with Gasteiger partial charge in [-0.05, 0) is 42.2 Å². The van der Waals surface area contributed by atoms with Crippen LogP contribution in [0.25, 0.3) is 0 Å². The first-order valence-electron chi connectivity index (χ1n) is 8.11. The van der Waals surface area contributed by atoms with Gasteiger partial charge in [-0.2, -0.15) is 0 Å². The van der Waals surface area contributed by atoms with Crippen molar-refractivity contribution >= 4 is 5.91 Å². The number of nitrogens with zero attached hydrogens (tertiary/aromatic N) is 1. The van der Waals surface area contributed by atoms with Crippen LogP contribution in [0.3, 0.4) is 0 Å². The Morgan fingerprint density at radius 3 is 2.62 bits per heavy atom. The molecule has 0 aliphatic heterocycles. The van der Waals surface area contributed by atoms with Gasteiger partial charge in [-0.15, -0.1) is 0 Å². The number of nitrogens with one attached hydrogen (secondary N) is 1. The number of carbonyl (C=O) groups excluding carboxylic acids is 1. The molecule has 24 heavy (non-hydrogen) atoms. The van der Waals surface area contributed by atoms with Crippen LogP contribution in [0.4, 0.5) is 4.39 Å². The van der Waals surface area contributed by atoms with Gasteiger partial charge in [0, 0.05) is 37.4 Å². The number of halogens is 1. The second-order valence-corrected chi connectivity index (χ2v) is 6.03. The summed E-state index contributed by atoms with van der Waals surface area (Å²) in [6.45, 7) is 2.33. The van der Waals surface area contributed by atoms with Gasteiger partial charge in [0.1, 0.15) is 5.82 Å². The molecule has 0 radical (unpaired) electrons. The molecular formula is C19H23FN2O2. The number of aliphatic hydroxyl groups is 1. The van der Waals surface area contributed by atoms with Crippen LogP contribution in [0, 0.1) is 11.7 Å². The number of amides is 1. The third-order valence-electron chi connectivity index (χ3n) is 4.00. The number of hydrogen-bond donors (Lipinski definition) is 2. The number of aromatic nitrogens is 1. The first kappa shape index (κ1) is 18.1. The zero-order valence-electron chi connectivity index (χ0n) is 13.8. The minimum absolute atomic E-state index is 0.00830. The summed E-state index contributed by atoms with van der Waals surface area (Å²) < 4.78 is 12.9. The average Bonchev–Trinajstić information content (AvgIpc) is 2.60. The molecular weight excluding hydrogens is 307 g/mol. The summed E-state index contributed by atoms with van der Waals surface area (Å²) in [6, 6.07) is 11.9. The number of hydrogen-bond acceptors (Lipinski definition) is 3. The van der Waals surface area contributed by atoms with Crippen molar-refractivity contribution in [3.8, 4) is 0 Å². The third kappa shape index (κ3) is 5.74. The number of pyridine rings is 1. The fourth-order valence-electron chi connectivity index (χ4n) is 2.53. The van der Waals surface area contributed by atoms with E-state index in [1.807, 2.05) is 25.1 Å². The standard InChI is InChI=1S/C19H23FN2O2/c1-14(16-5-7-17(20)8-6-16)10-19(24)22-12-15(13-23)11-18-4-2-3-9-21-18/h2-9,14-15,23H,10-13H2,1H3,(H,22,24). The highest BCUT2D eigenvalue weighted by molar-refractivity contribution is 5.76. The van der Waals surface area contributed by atoms with Crippen LogP contribution in [0.15, 0.2) is 48.7 Å². The summed E-state index contributed by atoms with van der Waals surface area (Å²) >= 11 is 0. The maximum absolute atomic E-state index is 12.9. The van der Waals surface area contributed by atoms with E-state index in [0.717, 1.165) is 11.3 Å². The van der Waals surface area contributed by atoms with Crippen LogP contribution >= 0.6 is 0 Å². The predicted octanol–water partition coefficient (Wildman–Crippen LogP) is 2.68. The van der Waals surface area contributed by atoms with Crippen LogP contribution in [0.5, 0.6) is 0 Å². The Hall–Kier alpha value is -2.27. The van der Waals surface area contributed by atoms with Gasteiger partial charge < -0.3 is 10.4 Å². The summed E-state index contributed by atoms with van der Waals surface area (Å²) in [5.41, 5.74) is 1.82. The third-order valence-corrected chi connectivity index (χ3v) is 4.00. The molecule has 2 atom stereocenters. The molecule has 2 unspecified atom stereocenters. The van der Waals surface area contributed by atoms with E-state index in [9.17, 15) is 14.3 Å². The lowest BCUT2D eigenvalue weighted by Gasteiger charge is -2.16. The smallest absolute Gasteiger partial charge is 0.220 e. The van der Waals surface area contributed by atoms with Gasteiger partial charge in [0.2, 0.25) is 5.91 Å². The molecule has 1 aromatic heterocycles. The Bertz CT molecular complexity index is 632. The Labute approximate surface area is 141 Å². The van der Waals surface area contributed by atoms with E-state index in [-0.39, 0.29) is 30.2 Å². The molecule has 0 spiro atoms. The molecule has 1 aromatic carbocycles. The van der Waals surface area contributed by atoms with Gasteiger partial charge in [-0.25, -0.2) is 4.39 Å². The van der Waals surface area contributed by atoms with E-state index in [1.165, 1.54) is 12.1 Å². The molecule has 0 aliphatic rings. The largest absolute Gasteiger partial charge is 0.396 e. The molecule has 2 N–H and O–H groups in total. The molecule has 5 heteroatoms. The van der Waals surface area contributed by atoms with Crippen molar-refractivity contribution in [2.24, 2.45) is 5.92 Å². The molecule has 1 amide bonds.